The van der Waals surface area contributed by atoms with E-state index < -0.39 is 5.60 Å². The van der Waals surface area contributed by atoms with E-state index in [9.17, 15) is 4.79 Å². The van der Waals surface area contributed by atoms with Gasteiger partial charge in [0.2, 0.25) is 0 Å². The Balaban J connectivity index is 1.87. The molecule has 0 aliphatic carbocycles. The highest BCUT2D eigenvalue weighted by atomic mass is 32.1. The van der Waals surface area contributed by atoms with Crippen LogP contribution in [0.15, 0.2) is 10.4 Å². The van der Waals surface area contributed by atoms with Crippen molar-refractivity contribution >= 4 is 17.4 Å². The monoisotopic (exact) mass is 326 g/mol. The highest BCUT2D eigenvalue weighted by Gasteiger charge is 2.26. The summed E-state index contributed by atoms with van der Waals surface area (Å²) in [5.74, 6) is 0. The molecule has 0 saturated carbocycles. The van der Waals surface area contributed by atoms with E-state index >= 15 is 0 Å². The molecule has 2 heterocycles. The number of amides is 1. The Hall–Kier alpha value is -1.34. The Kier molecular flexibility index (Phi) is 5.28. The minimum atomic E-state index is -0.432. The summed E-state index contributed by atoms with van der Waals surface area (Å²) in [5.41, 5.74) is 0.829. The topological polar surface area (TPSA) is 50.1 Å². The second-order valence-electron chi connectivity index (χ2n) is 6.54. The average Bonchev–Trinajstić information content (AvgIpc) is 2.78. The van der Waals surface area contributed by atoms with Gasteiger partial charge in [-0.1, -0.05) is 0 Å². The molecule has 0 aromatic carbocycles. The predicted molar refractivity (Wildman–Crippen MR) is 87.9 cm³/mol. The van der Waals surface area contributed by atoms with Gasteiger partial charge in [-0.05, 0) is 20.8 Å². The van der Waals surface area contributed by atoms with Gasteiger partial charge >= 0.3 is 6.09 Å². The zero-order chi connectivity index (χ0) is 16.3. The molecule has 0 bridgehead atoms. The molecule has 0 atom stereocenters. The minimum absolute atomic E-state index is 0.208. The van der Waals surface area contributed by atoms with Crippen LogP contribution in [-0.2, 0) is 18.3 Å². The van der Waals surface area contributed by atoms with Gasteiger partial charge in [0.05, 0.1) is 0 Å². The van der Waals surface area contributed by atoms with E-state index in [1.165, 1.54) is 5.69 Å². The van der Waals surface area contributed by atoms with Crippen molar-refractivity contribution in [2.45, 2.75) is 32.9 Å². The van der Waals surface area contributed by atoms with Crippen molar-refractivity contribution in [3.8, 4) is 0 Å². The van der Waals surface area contributed by atoms with Crippen LogP contribution in [0.1, 0.15) is 26.5 Å². The number of carbonyl (C=O) groups is 1. The molecule has 6 nitrogen and oxygen atoms in total. The molecule has 1 aliphatic rings. The fourth-order valence-corrected chi connectivity index (χ4v) is 3.25. The third-order valence-corrected chi connectivity index (χ3v) is 4.68. The van der Waals surface area contributed by atoms with Crippen LogP contribution < -0.4 is 4.80 Å². The van der Waals surface area contributed by atoms with E-state index in [0.29, 0.717) is 13.1 Å². The van der Waals surface area contributed by atoms with Gasteiger partial charge < -0.3 is 14.2 Å². The molecule has 0 radical (unpaired) electrons. The first kappa shape index (κ1) is 17.0. The highest BCUT2D eigenvalue weighted by molar-refractivity contribution is 7.07. The van der Waals surface area contributed by atoms with E-state index in [1.54, 1.807) is 16.2 Å². The highest BCUT2D eigenvalue weighted by Crippen LogP contribution is 2.13. The number of nitrogens with zero attached hydrogens (tertiary/aromatic N) is 4. The fraction of sp³-hybridized carbons (Fsp3) is 0.733. The van der Waals surface area contributed by atoms with E-state index in [0.717, 1.165) is 24.4 Å². The van der Waals surface area contributed by atoms with E-state index in [4.69, 9.17) is 4.74 Å². The normalized spacial score (nSPS) is 17.9. The van der Waals surface area contributed by atoms with Crippen LogP contribution >= 0.6 is 11.3 Å². The lowest BCUT2D eigenvalue weighted by Gasteiger charge is -2.35. The van der Waals surface area contributed by atoms with Gasteiger partial charge in [0, 0.05) is 57.9 Å². The first-order valence-corrected chi connectivity index (χ1v) is 8.44. The van der Waals surface area contributed by atoms with Crippen molar-refractivity contribution in [1.29, 1.82) is 0 Å². The first-order chi connectivity index (χ1) is 10.3. The van der Waals surface area contributed by atoms with Crippen molar-refractivity contribution < 1.29 is 9.53 Å². The molecule has 124 valence electrons. The number of hydrogen-bond acceptors (Lipinski definition) is 5. The van der Waals surface area contributed by atoms with Crippen molar-refractivity contribution in [2.24, 2.45) is 12.0 Å². The Morgan fingerprint density at radius 1 is 1.32 bits per heavy atom. The molecule has 7 heteroatoms. The number of aromatic nitrogens is 1. The zero-order valence-electron chi connectivity index (χ0n) is 14.1. The number of carbonyl (C=O) groups excluding carboxylic acids is 1. The molecule has 0 N–H and O–H groups in total. The van der Waals surface area contributed by atoms with Crippen LogP contribution in [0.4, 0.5) is 4.79 Å². The quantitative estimate of drug-likeness (QED) is 0.831. The van der Waals surface area contributed by atoms with E-state index in [1.807, 2.05) is 34.9 Å². The first-order valence-electron chi connectivity index (χ1n) is 7.56. The molecule has 1 aromatic rings. The van der Waals surface area contributed by atoms with Crippen LogP contribution in [0.2, 0.25) is 0 Å². The molecule has 1 aromatic heterocycles. The fourth-order valence-electron chi connectivity index (χ4n) is 2.39. The van der Waals surface area contributed by atoms with Crippen LogP contribution in [0.5, 0.6) is 0 Å². The second-order valence-corrected chi connectivity index (χ2v) is 7.37. The van der Waals surface area contributed by atoms with Crippen LogP contribution in [0, 0.1) is 0 Å². The van der Waals surface area contributed by atoms with E-state index in [2.05, 4.69) is 19.8 Å². The van der Waals surface area contributed by atoms with Gasteiger partial charge in [-0.25, -0.2) is 4.79 Å². The summed E-state index contributed by atoms with van der Waals surface area (Å²) in [5, 5.41) is 2.16. The molecule has 1 saturated heterocycles. The smallest absolute Gasteiger partial charge is 0.410 e. The SMILES string of the molecule is CN=c1scc(CN2CCN(C(=O)OC(C)(C)C)CC2)n1C. The summed E-state index contributed by atoms with van der Waals surface area (Å²) in [4.78, 5) is 21.5. The lowest BCUT2D eigenvalue weighted by molar-refractivity contribution is 0.0137. The number of hydrogen-bond donors (Lipinski definition) is 0. The second kappa shape index (κ2) is 6.83. The number of ether oxygens (including phenoxy) is 1. The van der Waals surface area contributed by atoms with Gasteiger partial charge in [0.1, 0.15) is 5.60 Å². The van der Waals surface area contributed by atoms with Gasteiger partial charge in [-0.15, -0.1) is 11.3 Å². The lowest BCUT2D eigenvalue weighted by Crippen LogP contribution is -2.49. The third-order valence-electron chi connectivity index (χ3n) is 3.62. The average molecular weight is 326 g/mol. The Labute approximate surface area is 136 Å². The van der Waals surface area contributed by atoms with Gasteiger partial charge in [0.15, 0.2) is 4.80 Å². The molecular weight excluding hydrogens is 300 g/mol. The summed E-state index contributed by atoms with van der Waals surface area (Å²) in [6.45, 7) is 9.75. The number of piperazine rings is 1. The van der Waals surface area contributed by atoms with Crippen LogP contribution in [-0.4, -0.2) is 59.3 Å². The largest absolute Gasteiger partial charge is 0.444 e. The number of thiazole rings is 1. The van der Waals surface area contributed by atoms with Crippen molar-refractivity contribution in [3.63, 3.8) is 0 Å². The Morgan fingerprint density at radius 2 is 1.95 bits per heavy atom. The van der Waals surface area contributed by atoms with Crippen molar-refractivity contribution in [3.05, 3.63) is 15.9 Å². The molecule has 22 heavy (non-hydrogen) atoms. The van der Waals surface area contributed by atoms with Crippen LogP contribution in [0.3, 0.4) is 0 Å². The summed E-state index contributed by atoms with van der Waals surface area (Å²) in [7, 11) is 3.86. The number of rotatable bonds is 2. The van der Waals surface area contributed by atoms with Crippen LogP contribution in [0.25, 0.3) is 0 Å². The standard InChI is InChI=1S/C15H26N4O2S/c1-15(2,3)21-14(20)19-8-6-18(7-9-19)10-12-11-22-13(16-4)17(12)5/h11H,6-10H2,1-5H3. The molecule has 0 spiro atoms. The molecule has 1 aliphatic heterocycles. The molecule has 1 amide bonds. The molecular formula is C15H26N4O2S. The molecule has 2 rings (SSSR count). The lowest BCUT2D eigenvalue weighted by atomic mass is 10.2. The van der Waals surface area contributed by atoms with Crippen molar-refractivity contribution in [2.75, 3.05) is 33.2 Å². The molecule has 0 unspecified atom stereocenters. The Bertz CT molecular complexity index is 577. The maximum Gasteiger partial charge on any atom is 0.410 e. The zero-order valence-corrected chi connectivity index (χ0v) is 14.9. The summed E-state index contributed by atoms with van der Waals surface area (Å²) in [6, 6.07) is 0. The van der Waals surface area contributed by atoms with E-state index in [-0.39, 0.29) is 6.09 Å². The van der Waals surface area contributed by atoms with Crippen molar-refractivity contribution in [1.82, 2.24) is 14.4 Å². The molecule has 1 fully saturated rings. The summed E-state index contributed by atoms with van der Waals surface area (Å²) in [6.07, 6.45) is -0.208. The summed E-state index contributed by atoms with van der Waals surface area (Å²) < 4.78 is 7.55. The van der Waals surface area contributed by atoms with Gasteiger partial charge in [0.25, 0.3) is 0 Å². The Morgan fingerprint density at radius 3 is 2.45 bits per heavy atom. The van der Waals surface area contributed by atoms with Gasteiger partial charge in [-0.3, -0.25) is 9.89 Å². The van der Waals surface area contributed by atoms with Gasteiger partial charge in [-0.2, -0.15) is 0 Å². The summed E-state index contributed by atoms with van der Waals surface area (Å²) >= 11 is 1.66. The minimum Gasteiger partial charge on any atom is -0.444 e. The predicted octanol–water partition coefficient (Wildman–Crippen LogP) is 1.67. The maximum atomic E-state index is 12.0. The third kappa shape index (κ3) is 4.33. The maximum absolute atomic E-state index is 12.0.